The second-order valence-electron chi connectivity index (χ2n) is 3.93. The molecule has 0 aliphatic heterocycles. The number of likely N-dealkylation sites (N-methyl/N-ethyl adjacent to an activating group) is 1. The third-order valence-corrected chi connectivity index (χ3v) is 2.06. The van der Waals surface area contributed by atoms with E-state index in [1.54, 1.807) is 14.0 Å². The van der Waals surface area contributed by atoms with Crippen molar-refractivity contribution >= 4 is 12.0 Å². The molecule has 0 bridgehead atoms. The third-order valence-electron chi connectivity index (χ3n) is 2.06. The summed E-state index contributed by atoms with van der Waals surface area (Å²) in [6.45, 7) is 6.15. The van der Waals surface area contributed by atoms with Crippen LogP contribution in [0.3, 0.4) is 0 Å². The fourth-order valence-electron chi connectivity index (χ4n) is 1.23. The number of rotatable bonds is 7. The predicted octanol–water partition coefficient (Wildman–Crippen LogP) is 0.694. The molecular formula is C11H20N2O4. The van der Waals surface area contributed by atoms with Gasteiger partial charge in [-0.15, -0.1) is 0 Å². The number of methoxy groups -OCH3 is 1. The lowest BCUT2D eigenvalue weighted by molar-refractivity contribution is -0.139. The van der Waals surface area contributed by atoms with Gasteiger partial charge in [-0.3, -0.25) is 0 Å². The fraction of sp³-hybridized carbons (Fsp3) is 0.636. The molecule has 0 heterocycles. The molecule has 0 saturated heterocycles. The smallest absolute Gasteiger partial charge is 0.326 e. The average Bonchev–Trinajstić information content (AvgIpc) is 2.22. The number of urea groups is 1. The van der Waals surface area contributed by atoms with Crippen LogP contribution in [0.5, 0.6) is 0 Å². The van der Waals surface area contributed by atoms with Gasteiger partial charge in [-0.1, -0.05) is 12.2 Å². The lowest BCUT2D eigenvalue weighted by Gasteiger charge is -2.21. The molecule has 98 valence electrons. The lowest BCUT2D eigenvalue weighted by atomic mass is 10.2. The third kappa shape index (κ3) is 6.57. The Hall–Kier alpha value is -1.56. The summed E-state index contributed by atoms with van der Waals surface area (Å²) in [6.07, 6.45) is 0.235. The van der Waals surface area contributed by atoms with Crippen molar-refractivity contribution in [3.63, 3.8) is 0 Å². The first-order valence-electron chi connectivity index (χ1n) is 5.26. The van der Waals surface area contributed by atoms with Gasteiger partial charge in [-0.25, -0.2) is 9.59 Å². The van der Waals surface area contributed by atoms with Crippen molar-refractivity contribution in [2.45, 2.75) is 19.4 Å². The Labute approximate surface area is 101 Å². The maximum absolute atomic E-state index is 11.6. The fourth-order valence-corrected chi connectivity index (χ4v) is 1.23. The van der Waals surface area contributed by atoms with E-state index in [0.717, 1.165) is 5.57 Å². The van der Waals surface area contributed by atoms with Crippen molar-refractivity contribution in [3.05, 3.63) is 12.2 Å². The molecule has 1 atom stereocenters. The average molecular weight is 244 g/mol. The largest absolute Gasteiger partial charge is 0.480 e. The van der Waals surface area contributed by atoms with Crippen LogP contribution < -0.4 is 5.32 Å². The van der Waals surface area contributed by atoms with Crippen LogP contribution in [0.2, 0.25) is 0 Å². The van der Waals surface area contributed by atoms with Crippen molar-refractivity contribution in [3.8, 4) is 0 Å². The summed E-state index contributed by atoms with van der Waals surface area (Å²) in [6, 6.07) is -1.37. The quantitative estimate of drug-likeness (QED) is 0.646. The van der Waals surface area contributed by atoms with E-state index in [9.17, 15) is 9.59 Å². The summed E-state index contributed by atoms with van der Waals surface area (Å²) in [5, 5.41) is 11.3. The molecule has 0 aromatic carbocycles. The molecule has 0 aromatic heterocycles. The van der Waals surface area contributed by atoms with Gasteiger partial charge in [0, 0.05) is 33.7 Å². The zero-order valence-corrected chi connectivity index (χ0v) is 10.5. The molecular weight excluding hydrogens is 224 g/mol. The molecule has 17 heavy (non-hydrogen) atoms. The summed E-state index contributed by atoms with van der Waals surface area (Å²) in [5.74, 6) is -1.07. The van der Waals surface area contributed by atoms with Crippen LogP contribution in [0.4, 0.5) is 4.79 Å². The van der Waals surface area contributed by atoms with Crippen molar-refractivity contribution in [1.29, 1.82) is 0 Å². The molecule has 0 aliphatic carbocycles. The highest BCUT2D eigenvalue weighted by molar-refractivity contribution is 5.82. The number of amides is 2. The number of carbonyl (C=O) groups is 2. The Morgan fingerprint density at radius 3 is 2.53 bits per heavy atom. The Morgan fingerprint density at radius 1 is 1.53 bits per heavy atom. The maximum atomic E-state index is 11.6. The Bertz CT molecular complexity index is 291. The molecule has 0 radical (unpaired) electrons. The number of aliphatic carboxylic acids is 1. The van der Waals surface area contributed by atoms with E-state index in [0.29, 0.717) is 6.54 Å². The van der Waals surface area contributed by atoms with E-state index in [-0.39, 0.29) is 13.0 Å². The van der Waals surface area contributed by atoms with Gasteiger partial charge >= 0.3 is 12.0 Å². The molecule has 1 unspecified atom stereocenters. The molecule has 6 heteroatoms. The minimum atomic E-state index is -1.07. The minimum Gasteiger partial charge on any atom is -0.480 e. The van der Waals surface area contributed by atoms with Gasteiger partial charge in [0.05, 0.1) is 0 Å². The highest BCUT2D eigenvalue weighted by Gasteiger charge is 2.21. The van der Waals surface area contributed by atoms with Crippen molar-refractivity contribution < 1.29 is 19.4 Å². The van der Waals surface area contributed by atoms with E-state index >= 15 is 0 Å². The van der Waals surface area contributed by atoms with Crippen LogP contribution in [-0.4, -0.2) is 55.4 Å². The van der Waals surface area contributed by atoms with Crippen molar-refractivity contribution in [2.24, 2.45) is 0 Å². The topological polar surface area (TPSA) is 78.9 Å². The number of carbonyl (C=O) groups excluding carboxylic acids is 1. The second-order valence-corrected chi connectivity index (χ2v) is 3.93. The first-order valence-corrected chi connectivity index (χ1v) is 5.26. The number of nitrogens with one attached hydrogen (secondary N) is 1. The highest BCUT2D eigenvalue weighted by Crippen LogP contribution is 1.97. The van der Waals surface area contributed by atoms with Gasteiger partial charge < -0.3 is 20.1 Å². The van der Waals surface area contributed by atoms with E-state index in [1.165, 1.54) is 12.0 Å². The molecule has 0 saturated carbocycles. The van der Waals surface area contributed by atoms with E-state index < -0.39 is 18.0 Å². The van der Waals surface area contributed by atoms with Crippen LogP contribution in [0.25, 0.3) is 0 Å². The van der Waals surface area contributed by atoms with Crippen molar-refractivity contribution in [2.75, 3.05) is 27.3 Å². The van der Waals surface area contributed by atoms with Crippen LogP contribution in [-0.2, 0) is 9.53 Å². The summed E-state index contributed by atoms with van der Waals surface area (Å²) in [7, 11) is 3.06. The Balaban J connectivity index is 4.29. The lowest BCUT2D eigenvalue weighted by Crippen LogP contribution is -2.47. The first kappa shape index (κ1) is 15.4. The SMILES string of the molecule is C=C(C)CN(C)C(=O)NC(CCOC)C(=O)O. The van der Waals surface area contributed by atoms with E-state index in [2.05, 4.69) is 11.9 Å². The maximum Gasteiger partial charge on any atom is 0.326 e. The first-order chi connectivity index (χ1) is 7.88. The molecule has 0 spiro atoms. The Morgan fingerprint density at radius 2 is 2.12 bits per heavy atom. The standard InChI is InChI=1S/C11H20N2O4/c1-8(2)7-13(3)11(16)12-9(10(14)15)5-6-17-4/h9H,1,5-7H2,2-4H3,(H,12,16)(H,14,15). The molecule has 0 fully saturated rings. The van der Waals surface area contributed by atoms with Gasteiger partial charge in [0.2, 0.25) is 0 Å². The zero-order chi connectivity index (χ0) is 13.4. The number of nitrogens with zero attached hydrogens (tertiary/aromatic N) is 1. The van der Waals surface area contributed by atoms with Gasteiger partial charge in [0.25, 0.3) is 0 Å². The highest BCUT2D eigenvalue weighted by atomic mass is 16.5. The molecule has 0 aromatic rings. The number of hydrogen-bond donors (Lipinski definition) is 2. The molecule has 2 amide bonds. The summed E-state index contributed by atoms with van der Waals surface area (Å²) < 4.78 is 4.79. The van der Waals surface area contributed by atoms with Crippen molar-refractivity contribution in [1.82, 2.24) is 10.2 Å². The predicted molar refractivity (Wildman–Crippen MR) is 63.9 cm³/mol. The van der Waals surface area contributed by atoms with Gasteiger partial charge in [0.15, 0.2) is 0 Å². The number of ether oxygens (including phenoxy) is 1. The summed E-state index contributed by atoms with van der Waals surface area (Å²) >= 11 is 0. The van der Waals surface area contributed by atoms with Gasteiger partial charge in [0.1, 0.15) is 6.04 Å². The van der Waals surface area contributed by atoms with Crippen LogP contribution >= 0.6 is 0 Å². The van der Waals surface area contributed by atoms with Gasteiger partial charge in [-0.2, -0.15) is 0 Å². The van der Waals surface area contributed by atoms with E-state index in [4.69, 9.17) is 9.84 Å². The second kappa shape index (κ2) is 7.67. The number of carboxylic acids is 1. The number of carboxylic acid groups (broad SMARTS) is 1. The van der Waals surface area contributed by atoms with Crippen LogP contribution in [0.15, 0.2) is 12.2 Å². The van der Waals surface area contributed by atoms with Crippen LogP contribution in [0, 0.1) is 0 Å². The van der Waals surface area contributed by atoms with Gasteiger partial charge in [-0.05, 0) is 6.92 Å². The summed E-state index contributed by atoms with van der Waals surface area (Å²) in [4.78, 5) is 23.9. The molecule has 0 rings (SSSR count). The monoisotopic (exact) mass is 244 g/mol. The van der Waals surface area contributed by atoms with Crippen LogP contribution in [0.1, 0.15) is 13.3 Å². The number of hydrogen-bond acceptors (Lipinski definition) is 3. The van der Waals surface area contributed by atoms with E-state index in [1.807, 2.05) is 0 Å². The molecule has 2 N–H and O–H groups in total. The molecule has 6 nitrogen and oxygen atoms in total. The normalized spacial score (nSPS) is 11.7. The molecule has 0 aliphatic rings. The minimum absolute atomic E-state index is 0.235. The Kier molecular flexibility index (Phi) is 6.97. The zero-order valence-electron chi connectivity index (χ0n) is 10.5. The summed E-state index contributed by atoms with van der Waals surface area (Å²) in [5.41, 5.74) is 0.825.